The number of carbonyl (C=O) groups is 2. The Morgan fingerprint density at radius 2 is 1.78 bits per heavy atom. The molecule has 1 heterocycles. The van der Waals surface area contributed by atoms with Gasteiger partial charge < -0.3 is 10.2 Å². The van der Waals surface area contributed by atoms with E-state index in [-0.39, 0.29) is 17.7 Å². The van der Waals surface area contributed by atoms with Gasteiger partial charge in [-0.15, -0.1) is 0 Å². The van der Waals surface area contributed by atoms with E-state index in [9.17, 15) is 9.59 Å². The summed E-state index contributed by atoms with van der Waals surface area (Å²) in [5, 5.41) is 3.57. The average Bonchev–Trinajstić information content (AvgIpc) is 2.63. The molecular formula is C22H25ClN2O2. The minimum absolute atomic E-state index is 0.00163. The van der Waals surface area contributed by atoms with E-state index < -0.39 is 0 Å². The summed E-state index contributed by atoms with van der Waals surface area (Å²) in [6.07, 6.45) is 1.60. The van der Waals surface area contributed by atoms with Gasteiger partial charge in [0.1, 0.15) is 0 Å². The summed E-state index contributed by atoms with van der Waals surface area (Å²) in [4.78, 5) is 27.5. The Hall–Kier alpha value is -2.33. The lowest BCUT2D eigenvalue weighted by Crippen LogP contribution is -2.43. The molecule has 0 radical (unpaired) electrons. The minimum Gasteiger partial charge on any atom is -0.338 e. The Kier molecular flexibility index (Phi) is 5.85. The summed E-state index contributed by atoms with van der Waals surface area (Å²) in [5.74, 6) is -0.275. The van der Waals surface area contributed by atoms with Crippen LogP contribution in [0.4, 0.5) is 5.69 Å². The molecule has 27 heavy (non-hydrogen) atoms. The fourth-order valence-electron chi connectivity index (χ4n) is 3.62. The first-order chi connectivity index (χ1) is 12.8. The van der Waals surface area contributed by atoms with Crippen molar-refractivity contribution in [3.63, 3.8) is 0 Å². The Bertz CT molecular complexity index is 858. The number of likely N-dealkylation sites (tertiary alicyclic amines) is 1. The zero-order valence-electron chi connectivity index (χ0n) is 16.0. The van der Waals surface area contributed by atoms with Crippen molar-refractivity contribution >= 4 is 29.1 Å². The molecule has 0 unspecified atom stereocenters. The summed E-state index contributed by atoms with van der Waals surface area (Å²) >= 11 is 6.04. The summed E-state index contributed by atoms with van der Waals surface area (Å²) < 4.78 is 0. The van der Waals surface area contributed by atoms with E-state index in [0.717, 1.165) is 35.2 Å². The zero-order valence-corrected chi connectivity index (χ0v) is 16.8. The van der Waals surface area contributed by atoms with Crippen LogP contribution in [0.3, 0.4) is 0 Å². The third-order valence-electron chi connectivity index (χ3n) is 5.01. The van der Waals surface area contributed by atoms with Crippen LogP contribution in [0.2, 0.25) is 5.02 Å². The number of anilines is 1. The van der Waals surface area contributed by atoms with Crippen LogP contribution in [0.25, 0.3) is 0 Å². The van der Waals surface area contributed by atoms with Crippen LogP contribution in [0.1, 0.15) is 39.9 Å². The van der Waals surface area contributed by atoms with Gasteiger partial charge in [-0.25, -0.2) is 0 Å². The molecule has 0 spiro atoms. The Labute approximate surface area is 165 Å². The Balaban J connectivity index is 1.70. The second kappa shape index (κ2) is 8.13. The van der Waals surface area contributed by atoms with Gasteiger partial charge in [0.2, 0.25) is 5.91 Å². The first kappa shape index (κ1) is 19.4. The van der Waals surface area contributed by atoms with Crippen molar-refractivity contribution in [2.75, 3.05) is 18.4 Å². The Morgan fingerprint density at radius 3 is 2.48 bits per heavy atom. The highest BCUT2D eigenvalue weighted by atomic mass is 35.5. The van der Waals surface area contributed by atoms with Crippen molar-refractivity contribution in [1.29, 1.82) is 0 Å². The largest absolute Gasteiger partial charge is 0.338 e. The highest BCUT2D eigenvalue weighted by Crippen LogP contribution is 2.24. The molecule has 2 aromatic carbocycles. The van der Waals surface area contributed by atoms with Gasteiger partial charge in [-0.3, -0.25) is 9.59 Å². The lowest BCUT2D eigenvalue weighted by Gasteiger charge is -2.32. The molecule has 1 N–H and O–H groups in total. The van der Waals surface area contributed by atoms with Gasteiger partial charge in [0.15, 0.2) is 0 Å². The topological polar surface area (TPSA) is 49.4 Å². The molecule has 2 aromatic rings. The smallest absolute Gasteiger partial charge is 0.253 e. The molecule has 2 amide bonds. The first-order valence-corrected chi connectivity index (χ1v) is 9.66. The molecular weight excluding hydrogens is 360 g/mol. The third kappa shape index (κ3) is 4.69. The van der Waals surface area contributed by atoms with Gasteiger partial charge in [0.05, 0.1) is 5.92 Å². The average molecular weight is 385 g/mol. The lowest BCUT2D eigenvalue weighted by atomic mass is 9.95. The molecule has 0 bridgehead atoms. The molecule has 0 aliphatic carbocycles. The predicted molar refractivity (Wildman–Crippen MR) is 109 cm³/mol. The second-order valence-corrected chi connectivity index (χ2v) is 7.85. The molecule has 0 aromatic heterocycles. The highest BCUT2D eigenvalue weighted by molar-refractivity contribution is 6.31. The molecule has 1 fully saturated rings. The number of nitrogens with zero attached hydrogens (tertiary/aromatic N) is 1. The molecule has 3 rings (SSSR count). The SMILES string of the molecule is Cc1cc(C)cc(C(=O)N2CCC[C@@H](C(=O)Nc3cc(Cl)ccc3C)C2)c1. The van der Waals surface area contributed by atoms with E-state index in [0.29, 0.717) is 23.7 Å². The van der Waals surface area contributed by atoms with Crippen LogP contribution in [-0.2, 0) is 4.79 Å². The quantitative estimate of drug-likeness (QED) is 0.829. The number of carbonyl (C=O) groups excluding carboxylic acids is 2. The van der Waals surface area contributed by atoms with Crippen LogP contribution >= 0.6 is 11.6 Å². The number of aryl methyl sites for hydroxylation is 3. The van der Waals surface area contributed by atoms with E-state index in [1.807, 2.05) is 39.0 Å². The van der Waals surface area contributed by atoms with E-state index >= 15 is 0 Å². The van der Waals surface area contributed by atoms with Gasteiger partial charge in [-0.05, 0) is 63.4 Å². The van der Waals surface area contributed by atoms with Gasteiger partial charge in [-0.2, -0.15) is 0 Å². The van der Waals surface area contributed by atoms with Crippen LogP contribution in [0.5, 0.6) is 0 Å². The fraction of sp³-hybridized carbons (Fsp3) is 0.364. The lowest BCUT2D eigenvalue weighted by molar-refractivity contribution is -0.121. The maximum atomic E-state index is 12.9. The van der Waals surface area contributed by atoms with E-state index in [2.05, 4.69) is 11.4 Å². The van der Waals surface area contributed by atoms with Crippen LogP contribution in [0.15, 0.2) is 36.4 Å². The molecule has 4 nitrogen and oxygen atoms in total. The fourth-order valence-corrected chi connectivity index (χ4v) is 3.79. The standard InChI is InChI=1S/C22H25ClN2O2/c1-14-9-15(2)11-18(10-14)22(27)25-8-4-5-17(13-25)21(26)24-20-12-19(23)7-6-16(20)3/h6-7,9-12,17H,4-5,8,13H2,1-3H3,(H,24,26)/t17-/m1/s1. The highest BCUT2D eigenvalue weighted by Gasteiger charge is 2.29. The van der Waals surface area contributed by atoms with Crippen molar-refractivity contribution in [3.8, 4) is 0 Å². The van der Waals surface area contributed by atoms with Crippen molar-refractivity contribution in [3.05, 3.63) is 63.7 Å². The van der Waals surface area contributed by atoms with Crippen LogP contribution in [0, 0.1) is 26.7 Å². The van der Waals surface area contributed by atoms with Crippen molar-refractivity contribution in [1.82, 2.24) is 4.90 Å². The number of rotatable bonds is 3. The zero-order chi connectivity index (χ0) is 19.6. The minimum atomic E-state index is -0.216. The predicted octanol–water partition coefficient (Wildman–Crippen LogP) is 4.76. The molecule has 1 atom stereocenters. The molecule has 1 aliphatic heterocycles. The number of halogens is 1. The summed E-state index contributed by atoms with van der Waals surface area (Å²) in [5.41, 5.74) is 4.53. The van der Waals surface area contributed by atoms with Crippen molar-refractivity contribution < 1.29 is 9.59 Å². The summed E-state index contributed by atoms with van der Waals surface area (Å²) in [6.45, 7) is 7.04. The molecule has 1 aliphatic rings. The normalized spacial score (nSPS) is 16.9. The van der Waals surface area contributed by atoms with Crippen molar-refractivity contribution in [2.24, 2.45) is 5.92 Å². The van der Waals surface area contributed by atoms with Gasteiger partial charge in [0.25, 0.3) is 5.91 Å². The van der Waals surface area contributed by atoms with E-state index in [1.165, 1.54) is 0 Å². The number of amides is 2. The van der Waals surface area contributed by atoms with Crippen molar-refractivity contribution in [2.45, 2.75) is 33.6 Å². The number of benzene rings is 2. The van der Waals surface area contributed by atoms with E-state index in [1.54, 1.807) is 17.0 Å². The maximum absolute atomic E-state index is 12.9. The van der Waals surface area contributed by atoms with Crippen LogP contribution in [-0.4, -0.2) is 29.8 Å². The van der Waals surface area contributed by atoms with Crippen LogP contribution < -0.4 is 5.32 Å². The molecule has 142 valence electrons. The maximum Gasteiger partial charge on any atom is 0.253 e. The number of piperidine rings is 1. The third-order valence-corrected chi connectivity index (χ3v) is 5.24. The van der Waals surface area contributed by atoms with Gasteiger partial charge in [-0.1, -0.05) is 34.9 Å². The number of hydrogen-bond acceptors (Lipinski definition) is 2. The van der Waals surface area contributed by atoms with E-state index in [4.69, 9.17) is 11.6 Å². The van der Waals surface area contributed by atoms with Gasteiger partial charge >= 0.3 is 0 Å². The summed E-state index contributed by atoms with van der Waals surface area (Å²) in [7, 11) is 0. The first-order valence-electron chi connectivity index (χ1n) is 9.28. The molecule has 0 saturated carbocycles. The number of nitrogens with one attached hydrogen (secondary N) is 1. The monoisotopic (exact) mass is 384 g/mol. The molecule has 5 heteroatoms. The number of hydrogen-bond donors (Lipinski definition) is 1. The molecule has 1 saturated heterocycles. The Morgan fingerprint density at radius 1 is 1.07 bits per heavy atom. The summed E-state index contributed by atoms with van der Waals surface area (Å²) in [6, 6.07) is 11.3. The second-order valence-electron chi connectivity index (χ2n) is 7.42. The van der Waals surface area contributed by atoms with Gasteiger partial charge in [0, 0.05) is 29.4 Å².